The molecule has 1 aliphatic heterocycles. The van der Waals surface area contributed by atoms with Gasteiger partial charge in [-0.15, -0.1) is 0 Å². The molecular weight excluding hydrogens is 232 g/mol. The van der Waals surface area contributed by atoms with E-state index in [1.54, 1.807) is 0 Å². The van der Waals surface area contributed by atoms with Crippen LogP contribution >= 0.6 is 0 Å². The molecule has 1 aromatic carbocycles. The van der Waals surface area contributed by atoms with Crippen molar-refractivity contribution in [1.29, 1.82) is 0 Å². The Bertz CT molecular complexity index is 436. The molecule has 3 rings (SSSR count). The zero-order chi connectivity index (χ0) is 13.5. The number of rotatable bonds is 3. The Morgan fingerprint density at radius 3 is 2.47 bits per heavy atom. The van der Waals surface area contributed by atoms with Crippen LogP contribution in [0, 0.1) is 5.92 Å². The first-order valence-corrected chi connectivity index (χ1v) is 7.54. The van der Waals surface area contributed by atoms with Crippen molar-refractivity contribution in [2.75, 3.05) is 13.1 Å². The average molecular weight is 258 g/mol. The Hall–Kier alpha value is -0.860. The highest BCUT2D eigenvalue weighted by Gasteiger charge is 2.47. The second-order valence-electron chi connectivity index (χ2n) is 7.20. The van der Waals surface area contributed by atoms with E-state index in [4.69, 9.17) is 0 Å². The normalized spacial score (nSPS) is 31.3. The van der Waals surface area contributed by atoms with Crippen LogP contribution in [0.4, 0.5) is 0 Å². The molecule has 19 heavy (non-hydrogen) atoms. The molecule has 2 nitrogen and oxygen atoms in total. The maximum atomic E-state index is 3.82. The van der Waals surface area contributed by atoms with Crippen LogP contribution in [-0.4, -0.2) is 29.1 Å². The molecule has 0 bridgehead atoms. The first-order valence-electron chi connectivity index (χ1n) is 7.54. The zero-order valence-electron chi connectivity index (χ0n) is 12.4. The summed E-state index contributed by atoms with van der Waals surface area (Å²) in [4.78, 5) is 2.66. The number of nitrogens with one attached hydrogen (secondary N) is 1. The first kappa shape index (κ1) is 13.1. The fourth-order valence-electron chi connectivity index (χ4n) is 3.26. The third-order valence-corrected chi connectivity index (χ3v) is 4.99. The average Bonchev–Trinajstić information content (AvgIpc) is 3.20. The van der Waals surface area contributed by atoms with Crippen LogP contribution in [0.15, 0.2) is 30.3 Å². The lowest BCUT2D eigenvalue weighted by Crippen LogP contribution is -2.67. The minimum atomic E-state index is 0.240. The Kier molecular flexibility index (Phi) is 3.18. The van der Waals surface area contributed by atoms with E-state index in [1.165, 1.54) is 24.9 Å². The SMILES string of the molecule is CC1(C2CC2)CN(Cc2ccccc2)C(C)(C)CN1. The second kappa shape index (κ2) is 4.60. The highest BCUT2D eigenvalue weighted by molar-refractivity contribution is 5.16. The Morgan fingerprint density at radius 2 is 1.84 bits per heavy atom. The van der Waals surface area contributed by atoms with Gasteiger partial charge >= 0.3 is 0 Å². The summed E-state index contributed by atoms with van der Waals surface area (Å²) in [6.45, 7) is 10.5. The lowest BCUT2D eigenvalue weighted by molar-refractivity contribution is 0.0178. The zero-order valence-corrected chi connectivity index (χ0v) is 12.4. The third-order valence-electron chi connectivity index (χ3n) is 4.99. The van der Waals surface area contributed by atoms with E-state index in [9.17, 15) is 0 Å². The van der Waals surface area contributed by atoms with Crippen molar-refractivity contribution in [2.24, 2.45) is 5.92 Å². The molecule has 1 heterocycles. The van der Waals surface area contributed by atoms with E-state index in [1.807, 2.05) is 0 Å². The monoisotopic (exact) mass is 258 g/mol. The fourth-order valence-corrected chi connectivity index (χ4v) is 3.26. The molecule has 1 aromatic rings. The van der Waals surface area contributed by atoms with Crippen molar-refractivity contribution in [3.8, 4) is 0 Å². The molecule has 1 saturated heterocycles. The number of piperazine rings is 1. The van der Waals surface area contributed by atoms with Gasteiger partial charge < -0.3 is 5.32 Å². The molecule has 2 heteroatoms. The minimum Gasteiger partial charge on any atom is -0.308 e. The summed E-state index contributed by atoms with van der Waals surface area (Å²) in [6, 6.07) is 10.9. The lowest BCUT2D eigenvalue weighted by Gasteiger charge is -2.51. The Labute approximate surface area is 117 Å². The molecule has 1 unspecified atom stereocenters. The Morgan fingerprint density at radius 1 is 1.16 bits per heavy atom. The molecule has 2 aliphatic rings. The van der Waals surface area contributed by atoms with Gasteiger partial charge in [0.2, 0.25) is 0 Å². The summed E-state index contributed by atoms with van der Waals surface area (Å²) < 4.78 is 0. The van der Waals surface area contributed by atoms with Gasteiger partial charge in [-0.1, -0.05) is 30.3 Å². The van der Waals surface area contributed by atoms with Gasteiger partial charge in [0, 0.05) is 30.7 Å². The molecule has 0 radical (unpaired) electrons. The quantitative estimate of drug-likeness (QED) is 0.896. The molecule has 1 saturated carbocycles. The lowest BCUT2D eigenvalue weighted by atomic mass is 9.86. The Balaban J connectivity index is 1.76. The van der Waals surface area contributed by atoms with Crippen LogP contribution in [-0.2, 0) is 6.54 Å². The van der Waals surface area contributed by atoms with E-state index in [-0.39, 0.29) is 5.54 Å². The van der Waals surface area contributed by atoms with Gasteiger partial charge in [0.05, 0.1) is 0 Å². The summed E-state index contributed by atoms with van der Waals surface area (Å²) in [5, 5.41) is 3.82. The molecular formula is C17H26N2. The van der Waals surface area contributed by atoms with Crippen LogP contribution in [0.1, 0.15) is 39.2 Å². The minimum absolute atomic E-state index is 0.240. The fraction of sp³-hybridized carbons (Fsp3) is 0.647. The molecule has 1 N–H and O–H groups in total. The number of hydrogen-bond donors (Lipinski definition) is 1. The van der Waals surface area contributed by atoms with Gasteiger partial charge in [-0.2, -0.15) is 0 Å². The van der Waals surface area contributed by atoms with Gasteiger partial charge in [0.1, 0.15) is 0 Å². The molecule has 0 amide bonds. The highest BCUT2D eigenvalue weighted by Crippen LogP contribution is 2.42. The van der Waals surface area contributed by atoms with Crippen molar-refractivity contribution in [1.82, 2.24) is 10.2 Å². The van der Waals surface area contributed by atoms with Gasteiger partial charge in [-0.05, 0) is 45.1 Å². The van der Waals surface area contributed by atoms with Gasteiger partial charge in [0.25, 0.3) is 0 Å². The topological polar surface area (TPSA) is 15.3 Å². The van der Waals surface area contributed by atoms with Crippen LogP contribution in [0.5, 0.6) is 0 Å². The summed E-state index contributed by atoms with van der Waals surface area (Å²) in [5.41, 5.74) is 1.99. The van der Waals surface area contributed by atoms with Crippen molar-refractivity contribution in [2.45, 2.75) is 51.2 Å². The molecule has 0 spiro atoms. The van der Waals surface area contributed by atoms with Crippen LogP contribution in [0.3, 0.4) is 0 Å². The summed E-state index contributed by atoms with van der Waals surface area (Å²) in [5.74, 6) is 0.891. The largest absolute Gasteiger partial charge is 0.308 e. The maximum Gasteiger partial charge on any atom is 0.0309 e. The van der Waals surface area contributed by atoms with Crippen molar-refractivity contribution >= 4 is 0 Å². The van der Waals surface area contributed by atoms with Crippen molar-refractivity contribution in [3.63, 3.8) is 0 Å². The number of benzene rings is 1. The highest BCUT2D eigenvalue weighted by atomic mass is 15.3. The maximum absolute atomic E-state index is 3.82. The molecule has 104 valence electrons. The number of hydrogen-bond acceptors (Lipinski definition) is 2. The van der Waals surface area contributed by atoms with Gasteiger partial charge in [-0.3, -0.25) is 4.90 Å². The van der Waals surface area contributed by atoms with E-state index in [0.717, 1.165) is 19.0 Å². The smallest absolute Gasteiger partial charge is 0.0309 e. The molecule has 2 fully saturated rings. The van der Waals surface area contributed by atoms with Crippen LogP contribution in [0.25, 0.3) is 0 Å². The van der Waals surface area contributed by atoms with Gasteiger partial charge in [0.15, 0.2) is 0 Å². The van der Waals surface area contributed by atoms with E-state index in [0.29, 0.717) is 5.54 Å². The van der Waals surface area contributed by atoms with Crippen molar-refractivity contribution in [3.05, 3.63) is 35.9 Å². The van der Waals surface area contributed by atoms with E-state index < -0.39 is 0 Å². The van der Waals surface area contributed by atoms with Crippen LogP contribution < -0.4 is 5.32 Å². The standard InChI is InChI=1S/C17H26N2/c1-16(2)12-18-17(3,15-9-10-15)13-19(16)11-14-7-5-4-6-8-14/h4-8,15,18H,9-13H2,1-3H3. The van der Waals surface area contributed by atoms with E-state index >= 15 is 0 Å². The van der Waals surface area contributed by atoms with Crippen molar-refractivity contribution < 1.29 is 0 Å². The van der Waals surface area contributed by atoms with Gasteiger partial charge in [-0.25, -0.2) is 0 Å². The molecule has 0 aromatic heterocycles. The first-order chi connectivity index (χ1) is 9.00. The number of nitrogens with zero attached hydrogens (tertiary/aromatic N) is 1. The second-order valence-corrected chi connectivity index (χ2v) is 7.20. The summed E-state index contributed by atoms with van der Waals surface area (Å²) in [6.07, 6.45) is 2.81. The van der Waals surface area contributed by atoms with Crippen LogP contribution in [0.2, 0.25) is 0 Å². The third kappa shape index (κ3) is 2.70. The summed E-state index contributed by atoms with van der Waals surface area (Å²) in [7, 11) is 0. The predicted octanol–water partition coefficient (Wildman–Crippen LogP) is 3.04. The van der Waals surface area contributed by atoms with E-state index in [2.05, 4.69) is 61.3 Å². The predicted molar refractivity (Wildman–Crippen MR) is 80.1 cm³/mol. The molecule has 1 aliphatic carbocycles. The molecule has 1 atom stereocenters. The summed E-state index contributed by atoms with van der Waals surface area (Å²) >= 11 is 0.